The van der Waals surface area contributed by atoms with E-state index >= 15 is 0 Å². The maximum atomic E-state index is 13.0. The van der Waals surface area contributed by atoms with Gasteiger partial charge in [0.25, 0.3) is 5.91 Å². The maximum absolute atomic E-state index is 13.0. The monoisotopic (exact) mass is 214 g/mol. The fourth-order valence-electron chi connectivity index (χ4n) is 1.24. The highest BCUT2D eigenvalue weighted by Gasteiger charge is 2.22. The Balaban J connectivity index is 2.23. The molecule has 1 saturated heterocycles. The molecule has 1 aliphatic rings. The Kier molecular flexibility index (Phi) is 2.37. The lowest BCUT2D eigenvalue weighted by Crippen LogP contribution is -2.42. The molecule has 14 heavy (non-hydrogen) atoms. The van der Waals surface area contributed by atoms with Gasteiger partial charge in [-0.3, -0.25) is 4.79 Å². The molecule has 1 fully saturated rings. The lowest BCUT2D eigenvalue weighted by molar-refractivity contribution is 0.0651. The van der Waals surface area contributed by atoms with Crippen LogP contribution in [0, 0.1) is 5.82 Å². The lowest BCUT2D eigenvalue weighted by Gasteiger charge is -2.30. The highest BCUT2D eigenvalue weighted by Crippen LogP contribution is 2.16. The van der Waals surface area contributed by atoms with Crippen molar-refractivity contribution in [1.29, 1.82) is 0 Å². The molecule has 1 aliphatic heterocycles. The number of carbonyl (C=O) groups excluding carboxylic acids is 1. The van der Waals surface area contributed by atoms with Crippen LogP contribution in [0.1, 0.15) is 16.8 Å². The summed E-state index contributed by atoms with van der Waals surface area (Å²) in [4.78, 5) is 16.8. The predicted octanol–water partition coefficient (Wildman–Crippen LogP) is 1.72. The number of carbonyl (C=O) groups is 1. The van der Waals surface area contributed by atoms with Crippen LogP contribution < -0.4 is 0 Å². The molecule has 74 valence electrons. The molecule has 1 aromatic heterocycles. The summed E-state index contributed by atoms with van der Waals surface area (Å²) in [5, 5.41) is -0.204. The number of aromatic nitrogens is 1. The Labute approximate surface area is 85.5 Å². The van der Waals surface area contributed by atoms with Gasteiger partial charge in [-0.25, -0.2) is 9.37 Å². The number of hydrogen-bond donors (Lipinski definition) is 0. The summed E-state index contributed by atoms with van der Waals surface area (Å²) in [6, 6.07) is 1.12. The first-order chi connectivity index (χ1) is 6.68. The third kappa shape index (κ3) is 1.57. The number of halogens is 2. The highest BCUT2D eigenvalue weighted by molar-refractivity contribution is 6.29. The van der Waals surface area contributed by atoms with Crippen molar-refractivity contribution in [3.05, 3.63) is 28.8 Å². The van der Waals surface area contributed by atoms with Crippen molar-refractivity contribution in [3.63, 3.8) is 0 Å². The molecule has 2 rings (SSSR count). The fourth-order valence-corrected chi connectivity index (χ4v) is 1.34. The van der Waals surface area contributed by atoms with E-state index in [9.17, 15) is 9.18 Å². The second kappa shape index (κ2) is 3.53. The zero-order chi connectivity index (χ0) is 10.1. The number of rotatable bonds is 1. The maximum Gasteiger partial charge on any atom is 0.255 e. The van der Waals surface area contributed by atoms with Crippen LogP contribution in [0.5, 0.6) is 0 Å². The van der Waals surface area contributed by atoms with Crippen LogP contribution in [0.3, 0.4) is 0 Å². The molecule has 0 atom stereocenters. The Morgan fingerprint density at radius 3 is 2.79 bits per heavy atom. The van der Waals surface area contributed by atoms with Gasteiger partial charge in [-0.1, -0.05) is 11.6 Å². The first-order valence-electron chi connectivity index (χ1n) is 4.29. The molecule has 0 spiro atoms. The Bertz CT molecular complexity index is 379. The second-order valence-corrected chi connectivity index (χ2v) is 3.50. The van der Waals surface area contributed by atoms with E-state index < -0.39 is 5.82 Å². The Morgan fingerprint density at radius 2 is 2.29 bits per heavy atom. The average Bonchev–Trinajstić information content (AvgIpc) is 2.06. The summed E-state index contributed by atoms with van der Waals surface area (Å²) in [6.07, 6.45) is 2.31. The van der Waals surface area contributed by atoms with Gasteiger partial charge in [0.05, 0.1) is 5.56 Å². The summed E-state index contributed by atoms with van der Waals surface area (Å²) in [6.45, 7) is 1.48. The molecular formula is C9H8ClFN2O. The van der Waals surface area contributed by atoms with Gasteiger partial charge < -0.3 is 4.90 Å². The average molecular weight is 215 g/mol. The van der Waals surface area contributed by atoms with Crippen molar-refractivity contribution < 1.29 is 9.18 Å². The van der Waals surface area contributed by atoms with Gasteiger partial charge >= 0.3 is 0 Å². The SMILES string of the molecule is O=C(c1cnc(Cl)c(F)c1)N1CCC1. The smallest absolute Gasteiger partial charge is 0.255 e. The highest BCUT2D eigenvalue weighted by atomic mass is 35.5. The third-order valence-corrected chi connectivity index (χ3v) is 2.46. The van der Waals surface area contributed by atoms with E-state index in [1.807, 2.05) is 0 Å². The summed E-state index contributed by atoms with van der Waals surface area (Å²) >= 11 is 5.40. The standard InChI is InChI=1S/C9H8ClFN2O/c10-8-7(11)4-6(5-12-8)9(14)13-2-1-3-13/h4-5H,1-3H2. The number of nitrogens with zero attached hydrogens (tertiary/aromatic N) is 2. The topological polar surface area (TPSA) is 33.2 Å². The molecule has 1 amide bonds. The normalized spacial score (nSPS) is 15.1. The second-order valence-electron chi connectivity index (χ2n) is 3.14. The van der Waals surface area contributed by atoms with Crippen molar-refractivity contribution in [1.82, 2.24) is 9.88 Å². The third-order valence-electron chi connectivity index (χ3n) is 2.19. The van der Waals surface area contributed by atoms with Crippen LogP contribution in [0.15, 0.2) is 12.3 Å². The van der Waals surface area contributed by atoms with Crippen LogP contribution in [0.25, 0.3) is 0 Å². The largest absolute Gasteiger partial charge is 0.338 e. The van der Waals surface area contributed by atoms with Gasteiger partial charge in [0.2, 0.25) is 0 Å². The lowest BCUT2D eigenvalue weighted by atomic mass is 10.1. The molecule has 0 bridgehead atoms. The Hall–Kier alpha value is -1.16. The minimum absolute atomic E-state index is 0.181. The molecule has 1 aromatic rings. The van der Waals surface area contributed by atoms with Gasteiger partial charge in [0, 0.05) is 19.3 Å². The molecule has 0 unspecified atom stereocenters. The van der Waals surface area contributed by atoms with Crippen LogP contribution in [-0.2, 0) is 0 Å². The van der Waals surface area contributed by atoms with Crippen molar-refractivity contribution in [2.75, 3.05) is 13.1 Å². The molecule has 0 N–H and O–H groups in total. The summed E-state index contributed by atoms with van der Waals surface area (Å²) in [7, 11) is 0. The van der Waals surface area contributed by atoms with E-state index in [1.54, 1.807) is 4.90 Å². The minimum atomic E-state index is -0.655. The summed E-state index contributed by atoms with van der Waals surface area (Å²) in [5.74, 6) is -0.836. The van der Waals surface area contributed by atoms with Crippen molar-refractivity contribution in [2.24, 2.45) is 0 Å². The summed E-state index contributed by atoms with van der Waals surface area (Å²) < 4.78 is 13.0. The molecule has 2 heterocycles. The van der Waals surface area contributed by atoms with Gasteiger partial charge in [0.15, 0.2) is 11.0 Å². The number of likely N-dealkylation sites (tertiary alicyclic amines) is 1. The quantitative estimate of drug-likeness (QED) is 0.667. The molecule has 0 aliphatic carbocycles. The van der Waals surface area contributed by atoms with Crippen LogP contribution in [-0.4, -0.2) is 28.9 Å². The minimum Gasteiger partial charge on any atom is -0.338 e. The fraction of sp³-hybridized carbons (Fsp3) is 0.333. The van der Waals surface area contributed by atoms with Crippen molar-refractivity contribution >= 4 is 17.5 Å². The van der Waals surface area contributed by atoms with Crippen LogP contribution in [0.2, 0.25) is 5.15 Å². The molecule has 3 nitrogen and oxygen atoms in total. The number of pyridine rings is 1. The summed E-state index contributed by atoms with van der Waals surface area (Å²) in [5.41, 5.74) is 0.256. The van der Waals surface area contributed by atoms with Gasteiger partial charge in [-0.05, 0) is 12.5 Å². The van der Waals surface area contributed by atoms with Crippen LogP contribution in [0.4, 0.5) is 4.39 Å². The van der Waals surface area contributed by atoms with Gasteiger partial charge in [-0.2, -0.15) is 0 Å². The molecule has 0 radical (unpaired) electrons. The zero-order valence-electron chi connectivity index (χ0n) is 7.33. The van der Waals surface area contributed by atoms with Gasteiger partial charge in [-0.15, -0.1) is 0 Å². The van der Waals surface area contributed by atoms with Crippen LogP contribution >= 0.6 is 11.6 Å². The van der Waals surface area contributed by atoms with E-state index in [0.717, 1.165) is 25.6 Å². The number of amides is 1. The molecular weight excluding hydrogens is 207 g/mol. The van der Waals surface area contributed by atoms with Gasteiger partial charge in [0.1, 0.15) is 0 Å². The van der Waals surface area contributed by atoms with Crippen molar-refractivity contribution in [2.45, 2.75) is 6.42 Å². The zero-order valence-corrected chi connectivity index (χ0v) is 8.09. The van der Waals surface area contributed by atoms with E-state index in [4.69, 9.17) is 11.6 Å². The first-order valence-corrected chi connectivity index (χ1v) is 4.66. The van der Waals surface area contributed by atoms with Crippen molar-refractivity contribution in [3.8, 4) is 0 Å². The van der Waals surface area contributed by atoms with E-state index in [2.05, 4.69) is 4.98 Å². The van der Waals surface area contributed by atoms with E-state index in [1.165, 1.54) is 6.20 Å². The van der Waals surface area contributed by atoms with E-state index in [0.29, 0.717) is 0 Å². The number of hydrogen-bond acceptors (Lipinski definition) is 2. The first kappa shape index (κ1) is 9.40. The van der Waals surface area contributed by atoms with E-state index in [-0.39, 0.29) is 16.6 Å². The molecule has 0 saturated carbocycles. The molecule has 0 aromatic carbocycles. The Morgan fingerprint density at radius 1 is 1.57 bits per heavy atom. The molecule has 5 heteroatoms. The predicted molar refractivity (Wildman–Crippen MR) is 49.7 cm³/mol.